The van der Waals surface area contributed by atoms with Crippen molar-refractivity contribution in [2.45, 2.75) is 0 Å². The van der Waals surface area contributed by atoms with Crippen LogP contribution in [0, 0.1) is 0 Å². The number of anilines is 3. The van der Waals surface area contributed by atoms with Gasteiger partial charge in [0.2, 0.25) is 5.43 Å². The first-order valence-electron chi connectivity index (χ1n) is 18.4. The Balaban J connectivity index is 1.15. The average Bonchev–Trinajstić information content (AvgIpc) is 3.26. The zero-order valence-corrected chi connectivity index (χ0v) is 29.8. The van der Waals surface area contributed by atoms with Gasteiger partial charge < -0.3 is 27.1 Å². The number of nitrogens with zero attached hydrogens (tertiary/aromatic N) is 2. The summed E-state index contributed by atoms with van der Waals surface area (Å²) in [7, 11) is 0. The van der Waals surface area contributed by atoms with Gasteiger partial charge in [-0.25, -0.2) is 0 Å². The Hall–Kier alpha value is -7.77. The van der Waals surface area contributed by atoms with E-state index in [1.165, 1.54) is 0 Å². The smallest absolute Gasteiger partial charge is 0.200 e. The molecule has 8 aromatic carbocycles. The van der Waals surface area contributed by atoms with Gasteiger partial charge in [0.1, 0.15) is 16.7 Å². The first-order chi connectivity index (χ1) is 27.7. The van der Waals surface area contributed by atoms with Gasteiger partial charge in [-0.1, -0.05) is 78.9 Å². The van der Waals surface area contributed by atoms with Crippen LogP contribution >= 0.6 is 0 Å². The number of rotatable bonds is 5. The molecule has 0 spiro atoms. The van der Waals surface area contributed by atoms with Gasteiger partial charge in [0.05, 0.1) is 16.3 Å². The molecule has 0 aliphatic heterocycles. The molecule has 11 aromatic rings. The molecular weight excluding hydrogens is 697 g/mol. The number of para-hydroxylation sites is 5. The Morgan fingerprint density at radius 3 is 1.71 bits per heavy atom. The molecule has 0 amide bonds. The van der Waals surface area contributed by atoms with Crippen molar-refractivity contribution in [1.29, 1.82) is 0 Å². The highest BCUT2D eigenvalue weighted by Crippen LogP contribution is 2.40. The minimum atomic E-state index is -0.0389. The van der Waals surface area contributed by atoms with Crippen LogP contribution in [0.5, 0.6) is 0 Å². The van der Waals surface area contributed by atoms with Gasteiger partial charge in [-0.2, -0.15) is 0 Å². The summed E-state index contributed by atoms with van der Waals surface area (Å²) < 4.78 is 28.1. The lowest BCUT2D eigenvalue weighted by molar-refractivity contribution is 0.580. The monoisotopic (exact) mass is 726 g/mol. The lowest BCUT2D eigenvalue weighted by Crippen LogP contribution is -2.10. The number of hydrogen-bond acceptors (Lipinski definition) is 6. The first-order valence-corrected chi connectivity index (χ1v) is 18.4. The number of aromatic nitrogens is 1. The van der Waals surface area contributed by atoms with E-state index in [0.717, 1.165) is 44.9 Å². The van der Waals surface area contributed by atoms with Crippen LogP contribution in [0.3, 0.4) is 0 Å². The van der Waals surface area contributed by atoms with Crippen molar-refractivity contribution in [3.8, 4) is 16.8 Å². The van der Waals surface area contributed by atoms with Crippen molar-refractivity contribution >= 4 is 83.5 Å². The second-order valence-electron chi connectivity index (χ2n) is 13.7. The minimum absolute atomic E-state index is 0.0389. The Labute approximate surface area is 318 Å². The lowest BCUT2D eigenvalue weighted by Gasteiger charge is -2.26. The third kappa shape index (κ3) is 5.17. The van der Waals surface area contributed by atoms with E-state index in [9.17, 15) is 4.79 Å². The molecule has 11 rings (SSSR count). The highest BCUT2D eigenvalue weighted by atomic mass is 16.4. The number of fused-ring (bicyclic) bond motifs is 7. The van der Waals surface area contributed by atoms with Crippen LogP contribution in [0.2, 0.25) is 0 Å². The summed E-state index contributed by atoms with van der Waals surface area (Å²) in [6, 6.07) is 59.8. The van der Waals surface area contributed by atoms with E-state index in [-0.39, 0.29) is 5.43 Å². The SMILES string of the molecule is O=c1c2ccccc2oc2cc(-c3ccc(-n4c5cc(N(c6ccccc6)c6ccccc6)ccc5oc5ccc6oc7ccccc7oc6c54)cc3)ccc12. The molecule has 0 N–H and O–H groups in total. The van der Waals surface area contributed by atoms with Gasteiger partial charge >= 0.3 is 0 Å². The third-order valence-electron chi connectivity index (χ3n) is 10.3. The van der Waals surface area contributed by atoms with Crippen molar-refractivity contribution in [3.63, 3.8) is 0 Å². The van der Waals surface area contributed by atoms with Crippen LogP contribution in [-0.2, 0) is 0 Å². The molecule has 56 heavy (non-hydrogen) atoms. The molecule has 0 saturated heterocycles. The van der Waals surface area contributed by atoms with Crippen LogP contribution in [0.1, 0.15) is 0 Å². The molecule has 3 aromatic heterocycles. The third-order valence-corrected chi connectivity index (χ3v) is 10.3. The minimum Gasteiger partial charge on any atom is -0.456 e. The van der Waals surface area contributed by atoms with Crippen LogP contribution in [0.15, 0.2) is 204 Å². The molecule has 0 atom stereocenters. The predicted octanol–water partition coefficient (Wildman–Crippen LogP) is 13.4. The fourth-order valence-corrected chi connectivity index (χ4v) is 7.65. The van der Waals surface area contributed by atoms with Crippen molar-refractivity contribution in [2.75, 3.05) is 4.90 Å². The molecule has 266 valence electrons. The van der Waals surface area contributed by atoms with E-state index in [0.29, 0.717) is 55.4 Å². The van der Waals surface area contributed by atoms with E-state index in [1.807, 2.05) is 115 Å². The van der Waals surface area contributed by atoms with E-state index >= 15 is 0 Å². The molecule has 0 radical (unpaired) electrons. The molecule has 0 aliphatic carbocycles. The summed E-state index contributed by atoms with van der Waals surface area (Å²) >= 11 is 0. The lowest BCUT2D eigenvalue weighted by atomic mass is 10.0. The van der Waals surface area contributed by atoms with Gasteiger partial charge in [-0.05, 0) is 114 Å². The predicted molar refractivity (Wildman–Crippen MR) is 224 cm³/mol. The van der Waals surface area contributed by atoms with Gasteiger partial charge in [-0.3, -0.25) is 4.79 Å². The molecule has 0 aliphatic rings. The van der Waals surface area contributed by atoms with Gasteiger partial charge in [0.25, 0.3) is 0 Å². The van der Waals surface area contributed by atoms with E-state index in [1.54, 1.807) is 6.07 Å². The molecule has 0 bridgehead atoms. The summed E-state index contributed by atoms with van der Waals surface area (Å²) in [5.41, 5.74) is 12.2. The van der Waals surface area contributed by atoms with Gasteiger partial charge in [0, 0.05) is 22.7 Å². The molecule has 0 fully saturated rings. The zero-order chi connectivity index (χ0) is 37.2. The quantitative estimate of drug-likeness (QED) is 0.130. The van der Waals surface area contributed by atoms with Crippen molar-refractivity contribution in [3.05, 3.63) is 192 Å². The Morgan fingerprint density at radius 1 is 0.393 bits per heavy atom. The Kier molecular flexibility index (Phi) is 7.18. The summed E-state index contributed by atoms with van der Waals surface area (Å²) in [5, 5.41) is 1.12. The van der Waals surface area contributed by atoms with E-state index < -0.39 is 0 Å². The summed E-state index contributed by atoms with van der Waals surface area (Å²) in [6.07, 6.45) is 0. The molecule has 3 heterocycles. The fourth-order valence-electron chi connectivity index (χ4n) is 7.65. The summed E-state index contributed by atoms with van der Waals surface area (Å²) in [6.45, 7) is 0. The van der Waals surface area contributed by atoms with Crippen LogP contribution < -0.4 is 10.3 Å². The number of hydrogen-bond donors (Lipinski definition) is 0. The van der Waals surface area contributed by atoms with Crippen LogP contribution in [0.4, 0.5) is 17.1 Å². The van der Waals surface area contributed by atoms with Crippen molar-refractivity contribution in [2.24, 2.45) is 0 Å². The standard InChI is InChI=1S/C49H30N2O5/c52-48-37-15-7-8-16-40(37)53-46-29-32(21-25-38(46)48)31-19-22-35(23-20-31)51-39-30-36(50(33-11-3-1-4-12-33)34-13-5-2-6-14-34)24-26-41(39)54-44-27-28-45-49(47(44)51)56-43-18-10-9-17-42(43)55-45/h1-30H. The molecule has 7 nitrogen and oxygen atoms in total. The van der Waals surface area contributed by atoms with Gasteiger partial charge in [-0.15, -0.1) is 0 Å². The molecule has 0 saturated carbocycles. The van der Waals surface area contributed by atoms with Gasteiger partial charge in [0.15, 0.2) is 33.5 Å². The van der Waals surface area contributed by atoms with Crippen LogP contribution in [0.25, 0.3) is 83.3 Å². The Bertz CT molecular complexity index is 3350. The summed E-state index contributed by atoms with van der Waals surface area (Å²) in [5.74, 6) is 0. The van der Waals surface area contributed by atoms with E-state index in [2.05, 4.69) is 70.1 Å². The largest absolute Gasteiger partial charge is 0.456 e. The van der Waals surface area contributed by atoms with Crippen molar-refractivity contribution < 1.29 is 17.7 Å². The maximum absolute atomic E-state index is 13.3. The fraction of sp³-hybridized carbons (Fsp3) is 0. The highest BCUT2D eigenvalue weighted by molar-refractivity contribution is 6.03. The topological polar surface area (TPSA) is 77.8 Å². The van der Waals surface area contributed by atoms with Crippen molar-refractivity contribution in [1.82, 2.24) is 4.57 Å². The molecule has 7 heteroatoms. The average molecular weight is 727 g/mol. The highest BCUT2D eigenvalue weighted by Gasteiger charge is 2.20. The maximum atomic E-state index is 13.3. The van der Waals surface area contributed by atoms with E-state index in [4.69, 9.17) is 17.7 Å². The second kappa shape index (κ2) is 12.7. The Morgan fingerprint density at radius 2 is 0.964 bits per heavy atom. The first kappa shape index (κ1) is 31.7. The zero-order valence-electron chi connectivity index (χ0n) is 29.8. The van der Waals surface area contributed by atoms with Crippen LogP contribution in [-0.4, -0.2) is 4.57 Å². The summed E-state index contributed by atoms with van der Waals surface area (Å²) in [4.78, 5) is 15.5. The normalized spacial score (nSPS) is 11.6. The molecular formula is C49H30N2O5. The maximum Gasteiger partial charge on any atom is 0.200 e. The number of benzene rings is 8. The molecule has 0 unspecified atom stereocenters. The second-order valence-corrected chi connectivity index (χ2v) is 13.7.